The van der Waals surface area contributed by atoms with E-state index >= 15 is 0 Å². The van der Waals surface area contributed by atoms with Gasteiger partial charge in [-0.05, 0) is 34.9 Å². The van der Waals surface area contributed by atoms with E-state index in [0.717, 1.165) is 16.7 Å². The van der Waals surface area contributed by atoms with Gasteiger partial charge in [0, 0.05) is 29.4 Å². The van der Waals surface area contributed by atoms with Crippen LogP contribution >= 0.6 is 11.6 Å². The summed E-state index contributed by atoms with van der Waals surface area (Å²) in [5, 5.41) is 0.331. The maximum atomic E-state index is 14.0. The van der Waals surface area contributed by atoms with Gasteiger partial charge in [-0.2, -0.15) is 0 Å². The van der Waals surface area contributed by atoms with Crippen molar-refractivity contribution in [2.45, 2.75) is 13.1 Å². The van der Waals surface area contributed by atoms with Crippen molar-refractivity contribution < 1.29 is 4.39 Å². The Labute approximate surface area is 144 Å². The van der Waals surface area contributed by atoms with Crippen molar-refractivity contribution in [1.82, 2.24) is 4.57 Å². The molecule has 0 saturated heterocycles. The highest BCUT2D eigenvalue weighted by atomic mass is 35.5. The average Bonchev–Trinajstić information content (AvgIpc) is 2.59. The fraction of sp³-hybridized carbons (Fsp3) is 0.105. The normalized spacial score (nSPS) is 10.8. The molecule has 5 heteroatoms. The van der Waals surface area contributed by atoms with Gasteiger partial charge in [0.25, 0.3) is 5.56 Å². The van der Waals surface area contributed by atoms with E-state index in [9.17, 15) is 9.18 Å². The third-order valence-corrected chi connectivity index (χ3v) is 4.10. The molecule has 0 atom stereocenters. The predicted octanol–water partition coefficient (Wildman–Crippen LogP) is 3.81. The molecule has 1 aromatic heterocycles. The second kappa shape index (κ2) is 6.99. The molecule has 3 nitrogen and oxygen atoms in total. The third-order valence-electron chi connectivity index (χ3n) is 3.86. The number of hydrogen-bond donors (Lipinski definition) is 1. The number of nitrogens with two attached hydrogens (primary N) is 1. The molecule has 3 aromatic rings. The van der Waals surface area contributed by atoms with Crippen molar-refractivity contribution in [3.8, 4) is 11.1 Å². The van der Waals surface area contributed by atoms with E-state index in [1.165, 1.54) is 16.7 Å². The number of pyridine rings is 1. The summed E-state index contributed by atoms with van der Waals surface area (Å²) in [5.74, 6) is -0.424. The maximum Gasteiger partial charge on any atom is 0.250 e. The smallest absolute Gasteiger partial charge is 0.250 e. The number of aromatic nitrogens is 1. The number of hydrogen-bond acceptors (Lipinski definition) is 2. The highest BCUT2D eigenvalue weighted by Gasteiger charge is 2.07. The van der Waals surface area contributed by atoms with Gasteiger partial charge in [-0.1, -0.05) is 41.9 Å². The highest BCUT2D eigenvalue weighted by Crippen LogP contribution is 2.20. The molecule has 0 amide bonds. The average molecular weight is 343 g/mol. The lowest BCUT2D eigenvalue weighted by Gasteiger charge is -2.10. The number of halogens is 2. The summed E-state index contributed by atoms with van der Waals surface area (Å²) in [6, 6.07) is 15.5. The Bertz CT molecular complexity index is 919. The van der Waals surface area contributed by atoms with Gasteiger partial charge >= 0.3 is 0 Å². The summed E-state index contributed by atoms with van der Waals surface area (Å²) in [7, 11) is 0. The molecule has 0 aliphatic heterocycles. The molecule has 2 aromatic carbocycles. The number of benzene rings is 2. The van der Waals surface area contributed by atoms with E-state index in [1.807, 2.05) is 24.3 Å². The second-order valence-corrected chi connectivity index (χ2v) is 5.96. The molecule has 1 heterocycles. The van der Waals surface area contributed by atoms with Gasteiger partial charge in [0.1, 0.15) is 5.82 Å². The Balaban J connectivity index is 1.95. The van der Waals surface area contributed by atoms with Crippen LogP contribution in [0, 0.1) is 5.82 Å². The monoisotopic (exact) mass is 342 g/mol. The molecule has 24 heavy (non-hydrogen) atoms. The van der Waals surface area contributed by atoms with Gasteiger partial charge in [0.2, 0.25) is 0 Å². The minimum Gasteiger partial charge on any atom is -0.326 e. The largest absolute Gasteiger partial charge is 0.326 e. The molecule has 0 bridgehead atoms. The summed E-state index contributed by atoms with van der Waals surface area (Å²) in [6.45, 7) is 0.631. The van der Waals surface area contributed by atoms with E-state index in [1.54, 1.807) is 24.4 Å². The molecular weight excluding hydrogens is 327 g/mol. The van der Waals surface area contributed by atoms with Crippen molar-refractivity contribution >= 4 is 11.6 Å². The van der Waals surface area contributed by atoms with Crippen molar-refractivity contribution in [2.24, 2.45) is 5.73 Å². The zero-order valence-corrected chi connectivity index (χ0v) is 13.6. The van der Waals surface area contributed by atoms with Crippen LogP contribution in [0.2, 0.25) is 5.02 Å². The first-order valence-electron chi connectivity index (χ1n) is 7.50. The molecule has 0 saturated carbocycles. The van der Waals surface area contributed by atoms with Crippen LogP contribution in [0.15, 0.2) is 65.6 Å². The number of nitrogens with zero attached hydrogens (tertiary/aromatic N) is 1. The van der Waals surface area contributed by atoms with Crippen molar-refractivity contribution in [3.63, 3.8) is 0 Å². The Morgan fingerprint density at radius 1 is 1.00 bits per heavy atom. The van der Waals surface area contributed by atoms with E-state index < -0.39 is 5.82 Å². The van der Waals surface area contributed by atoms with Gasteiger partial charge in [-0.15, -0.1) is 0 Å². The van der Waals surface area contributed by atoms with Crippen LogP contribution in [0.3, 0.4) is 0 Å². The fourth-order valence-electron chi connectivity index (χ4n) is 2.49. The molecule has 0 aliphatic carbocycles. The topological polar surface area (TPSA) is 48.0 Å². The molecule has 2 N–H and O–H groups in total. The second-order valence-electron chi connectivity index (χ2n) is 5.52. The summed E-state index contributed by atoms with van der Waals surface area (Å²) in [5.41, 5.74) is 8.72. The summed E-state index contributed by atoms with van der Waals surface area (Å²) in [6.07, 6.45) is 1.73. The quantitative estimate of drug-likeness (QED) is 0.783. The van der Waals surface area contributed by atoms with Crippen LogP contribution in [0.4, 0.5) is 4.39 Å². The summed E-state index contributed by atoms with van der Waals surface area (Å²) < 4.78 is 15.4. The summed E-state index contributed by atoms with van der Waals surface area (Å²) in [4.78, 5) is 12.1. The van der Waals surface area contributed by atoms with Crippen molar-refractivity contribution in [1.29, 1.82) is 0 Å². The predicted molar refractivity (Wildman–Crippen MR) is 94.5 cm³/mol. The van der Waals surface area contributed by atoms with Crippen LogP contribution in [-0.4, -0.2) is 4.57 Å². The molecule has 3 rings (SSSR count). The van der Waals surface area contributed by atoms with Crippen LogP contribution < -0.4 is 11.3 Å². The van der Waals surface area contributed by atoms with Crippen LogP contribution in [0.5, 0.6) is 0 Å². The van der Waals surface area contributed by atoms with Gasteiger partial charge in [0.05, 0.1) is 6.54 Å². The lowest BCUT2D eigenvalue weighted by atomic mass is 10.1. The lowest BCUT2D eigenvalue weighted by Crippen LogP contribution is -2.19. The summed E-state index contributed by atoms with van der Waals surface area (Å²) >= 11 is 5.76. The van der Waals surface area contributed by atoms with E-state index in [0.29, 0.717) is 17.1 Å². The molecule has 0 fully saturated rings. The van der Waals surface area contributed by atoms with Crippen LogP contribution in [-0.2, 0) is 13.1 Å². The minimum atomic E-state index is -0.424. The molecule has 0 radical (unpaired) electrons. The van der Waals surface area contributed by atoms with E-state index in [-0.39, 0.29) is 12.1 Å². The molecule has 0 spiro atoms. The van der Waals surface area contributed by atoms with Crippen molar-refractivity contribution in [3.05, 3.63) is 93.1 Å². The first-order chi connectivity index (χ1) is 11.6. The maximum absolute atomic E-state index is 14.0. The first-order valence-corrected chi connectivity index (χ1v) is 7.88. The number of rotatable bonds is 4. The molecule has 0 unspecified atom stereocenters. The standard InChI is InChI=1S/C19H16ClFN2O/c20-17-7-5-16(18(21)9-17)12-23-11-15(6-8-19(23)24)14-3-1-13(10-22)2-4-14/h1-9,11H,10,12,22H2. The highest BCUT2D eigenvalue weighted by molar-refractivity contribution is 6.30. The minimum absolute atomic E-state index is 0.149. The van der Waals surface area contributed by atoms with Gasteiger partial charge < -0.3 is 10.3 Å². The molecular formula is C19H16ClFN2O. The first kappa shape index (κ1) is 16.4. The third kappa shape index (κ3) is 3.55. The van der Waals surface area contributed by atoms with Crippen LogP contribution in [0.25, 0.3) is 11.1 Å². The Morgan fingerprint density at radius 3 is 2.38 bits per heavy atom. The Hall–Kier alpha value is -2.43. The van der Waals surface area contributed by atoms with Gasteiger partial charge in [0.15, 0.2) is 0 Å². The molecule has 0 aliphatic rings. The van der Waals surface area contributed by atoms with E-state index in [2.05, 4.69) is 0 Å². The van der Waals surface area contributed by atoms with Gasteiger partial charge in [-0.25, -0.2) is 4.39 Å². The van der Waals surface area contributed by atoms with Gasteiger partial charge in [-0.3, -0.25) is 4.79 Å². The zero-order chi connectivity index (χ0) is 17.1. The Kier molecular flexibility index (Phi) is 4.79. The molecule has 122 valence electrons. The SMILES string of the molecule is NCc1ccc(-c2ccc(=O)n(Cc3ccc(Cl)cc3F)c2)cc1. The van der Waals surface area contributed by atoms with E-state index in [4.69, 9.17) is 17.3 Å². The van der Waals surface area contributed by atoms with Crippen LogP contribution in [0.1, 0.15) is 11.1 Å². The zero-order valence-electron chi connectivity index (χ0n) is 12.9. The Morgan fingerprint density at radius 2 is 1.71 bits per heavy atom. The van der Waals surface area contributed by atoms with Crippen molar-refractivity contribution in [2.75, 3.05) is 0 Å². The lowest BCUT2D eigenvalue weighted by molar-refractivity contribution is 0.596. The fourth-order valence-corrected chi connectivity index (χ4v) is 2.65.